The van der Waals surface area contributed by atoms with Gasteiger partial charge in [-0.25, -0.2) is 8.42 Å². The van der Waals surface area contributed by atoms with Crippen molar-refractivity contribution in [2.24, 2.45) is 11.8 Å². The lowest BCUT2D eigenvalue weighted by Crippen LogP contribution is -2.42. The Hall–Kier alpha value is -0.910. The first-order valence-electron chi connectivity index (χ1n) is 7.63. The van der Waals surface area contributed by atoms with E-state index in [0.29, 0.717) is 36.2 Å². The molecule has 0 saturated carbocycles. The van der Waals surface area contributed by atoms with Crippen molar-refractivity contribution in [2.45, 2.75) is 38.0 Å². The molecule has 1 saturated heterocycles. The lowest BCUT2D eigenvalue weighted by atomic mass is 9.94. The molecule has 0 amide bonds. The monoisotopic (exact) mass is 311 g/mol. The van der Waals surface area contributed by atoms with Crippen LogP contribution >= 0.6 is 0 Å². The average Bonchev–Trinajstić information content (AvgIpc) is 2.44. The number of piperidine rings is 1. The van der Waals surface area contributed by atoms with Crippen molar-refractivity contribution in [3.8, 4) is 0 Å². The molecule has 1 aromatic rings. The van der Waals surface area contributed by atoms with Crippen LogP contribution in [0.1, 0.15) is 32.3 Å². The van der Waals surface area contributed by atoms with E-state index in [-0.39, 0.29) is 6.61 Å². The number of aryl methyl sites for hydroxylation is 1. The van der Waals surface area contributed by atoms with Crippen molar-refractivity contribution >= 4 is 10.0 Å². The quantitative estimate of drug-likeness (QED) is 0.907. The zero-order valence-electron chi connectivity index (χ0n) is 12.8. The smallest absolute Gasteiger partial charge is 0.243 e. The first kappa shape index (κ1) is 16.5. The van der Waals surface area contributed by atoms with Crippen LogP contribution in [0.5, 0.6) is 0 Å². The second-order valence-electron chi connectivity index (χ2n) is 6.24. The lowest BCUT2D eigenvalue weighted by molar-refractivity contribution is 0.222. The maximum Gasteiger partial charge on any atom is 0.243 e. The van der Waals surface area contributed by atoms with Crippen molar-refractivity contribution < 1.29 is 13.5 Å². The number of hydrogen-bond donors (Lipinski definition) is 1. The van der Waals surface area contributed by atoms with E-state index in [1.54, 1.807) is 16.4 Å². The number of aliphatic hydroxyl groups excluding tert-OH is 1. The normalized spacial score (nSPS) is 24.1. The summed E-state index contributed by atoms with van der Waals surface area (Å²) in [5.74, 6) is 0.819. The second kappa shape index (κ2) is 6.90. The Morgan fingerprint density at radius 1 is 1.14 bits per heavy atom. The van der Waals surface area contributed by atoms with E-state index in [1.807, 2.05) is 12.1 Å². The van der Waals surface area contributed by atoms with Crippen molar-refractivity contribution in [2.75, 3.05) is 19.7 Å². The Labute approximate surface area is 127 Å². The van der Waals surface area contributed by atoms with Gasteiger partial charge in [-0.1, -0.05) is 26.0 Å². The molecule has 0 aromatic heterocycles. The molecule has 1 N–H and O–H groups in total. The van der Waals surface area contributed by atoms with Crippen molar-refractivity contribution in [1.82, 2.24) is 4.31 Å². The molecule has 0 aliphatic carbocycles. The number of sulfonamides is 1. The maximum atomic E-state index is 12.7. The van der Waals surface area contributed by atoms with E-state index in [0.717, 1.165) is 18.4 Å². The van der Waals surface area contributed by atoms with E-state index >= 15 is 0 Å². The number of nitrogens with zero attached hydrogens (tertiary/aromatic N) is 1. The number of benzene rings is 1. The SMILES string of the molecule is CC1CC(C)CN(S(=O)(=O)c2ccc(CCCO)cc2)C1. The molecule has 1 heterocycles. The van der Waals surface area contributed by atoms with Gasteiger partial charge in [0.1, 0.15) is 0 Å². The molecule has 0 bridgehead atoms. The predicted molar refractivity (Wildman–Crippen MR) is 83.6 cm³/mol. The molecular weight excluding hydrogens is 286 g/mol. The van der Waals surface area contributed by atoms with Gasteiger partial charge in [0.15, 0.2) is 0 Å². The van der Waals surface area contributed by atoms with Crippen LogP contribution < -0.4 is 0 Å². The molecule has 2 unspecified atom stereocenters. The summed E-state index contributed by atoms with van der Waals surface area (Å²) in [6, 6.07) is 7.07. The molecule has 5 heteroatoms. The average molecular weight is 311 g/mol. The first-order valence-corrected chi connectivity index (χ1v) is 9.07. The van der Waals surface area contributed by atoms with Crippen molar-refractivity contribution in [3.63, 3.8) is 0 Å². The van der Waals surface area contributed by atoms with Gasteiger partial charge in [0, 0.05) is 19.7 Å². The zero-order chi connectivity index (χ0) is 15.5. The third-order valence-electron chi connectivity index (χ3n) is 4.02. The van der Waals surface area contributed by atoms with E-state index in [4.69, 9.17) is 5.11 Å². The highest BCUT2D eigenvalue weighted by molar-refractivity contribution is 7.89. The van der Waals surface area contributed by atoms with Crippen LogP contribution in [0.4, 0.5) is 0 Å². The summed E-state index contributed by atoms with van der Waals surface area (Å²) in [4.78, 5) is 0.372. The summed E-state index contributed by atoms with van der Waals surface area (Å²) in [5.41, 5.74) is 1.06. The summed E-state index contributed by atoms with van der Waals surface area (Å²) in [5, 5.41) is 8.83. The zero-order valence-corrected chi connectivity index (χ0v) is 13.6. The van der Waals surface area contributed by atoms with E-state index < -0.39 is 10.0 Å². The van der Waals surface area contributed by atoms with Crippen LogP contribution in [0.15, 0.2) is 29.2 Å². The first-order chi connectivity index (χ1) is 9.93. The molecule has 0 radical (unpaired) electrons. The minimum absolute atomic E-state index is 0.156. The molecule has 1 aliphatic heterocycles. The molecular formula is C16H25NO3S. The van der Waals surface area contributed by atoms with Gasteiger partial charge in [0.2, 0.25) is 10.0 Å². The highest BCUT2D eigenvalue weighted by Gasteiger charge is 2.31. The molecule has 1 aliphatic rings. The van der Waals surface area contributed by atoms with E-state index in [9.17, 15) is 8.42 Å². The van der Waals surface area contributed by atoms with Crippen LogP contribution in [0, 0.1) is 11.8 Å². The number of rotatable bonds is 5. The van der Waals surface area contributed by atoms with Crippen LogP contribution in [0.3, 0.4) is 0 Å². The van der Waals surface area contributed by atoms with Crippen LogP contribution in [-0.4, -0.2) is 37.5 Å². The van der Waals surface area contributed by atoms with Gasteiger partial charge in [0.05, 0.1) is 4.90 Å². The summed E-state index contributed by atoms with van der Waals surface area (Å²) >= 11 is 0. The van der Waals surface area contributed by atoms with Crippen LogP contribution in [-0.2, 0) is 16.4 Å². The Morgan fingerprint density at radius 3 is 2.24 bits per heavy atom. The highest BCUT2D eigenvalue weighted by Crippen LogP contribution is 2.26. The van der Waals surface area contributed by atoms with Gasteiger partial charge < -0.3 is 5.11 Å². The van der Waals surface area contributed by atoms with E-state index in [1.165, 1.54) is 0 Å². The largest absolute Gasteiger partial charge is 0.396 e. The Morgan fingerprint density at radius 2 is 1.71 bits per heavy atom. The minimum Gasteiger partial charge on any atom is -0.396 e. The fraction of sp³-hybridized carbons (Fsp3) is 0.625. The highest BCUT2D eigenvalue weighted by atomic mass is 32.2. The van der Waals surface area contributed by atoms with Gasteiger partial charge in [0.25, 0.3) is 0 Å². The molecule has 4 nitrogen and oxygen atoms in total. The van der Waals surface area contributed by atoms with E-state index in [2.05, 4.69) is 13.8 Å². The summed E-state index contributed by atoms with van der Waals surface area (Å²) in [6.45, 7) is 5.59. The van der Waals surface area contributed by atoms with Crippen molar-refractivity contribution in [3.05, 3.63) is 29.8 Å². The van der Waals surface area contributed by atoms with Gasteiger partial charge in [-0.3, -0.25) is 0 Å². The predicted octanol–water partition coefficient (Wildman–Crippen LogP) is 2.28. The van der Waals surface area contributed by atoms with Crippen molar-refractivity contribution in [1.29, 1.82) is 0 Å². The summed E-state index contributed by atoms with van der Waals surface area (Å²) in [7, 11) is -3.38. The molecule has 1 fully saturated rings. The van der Waals surface area contributed by atoms with Gasteiger partial charge in [-0.2, -0.15) is 4.31 Å². The molecule has 1 aromatic carbocycles. The fourth-order valence-corrected chi connectivity index (χ4v) is 4.74. The topological polar surface area (TPSA) is 57.6 Å². The third kappa shape index (κ3) is 4.05. The summed E-state index contributed by atoms with van der Waals surface area (Å²) in [6.07, 6.45) is 2.56. The Balaban J connectivity index is 2.15. The van der Waals surface area contributed by atoms with Gasteiger partial charge >= 0.3 is 0 Å². The molecule has 118 valence electrons. The maximum absolute atomic E-state index is 12.7. The third-order valence-corrected chi connectivity index (χ3v) is 5.87. The molecule has 2 rings (SSSR count). The Kier molecular flexibility index (Phi) is 5.41. The standard InChI is InChI=1S/C16H25NO3S/c1-13-10-14(2)12-17(11-13)21(19,20)16-7-5-15(6-8-16)4-3-9-18/h5-8,13-14,18H,3-4,9-12H2,1-2H3. The van der Waals surface area contributed by atoms with Gasteiger partial charge in [-0.05, 0) is 48.8 Å². The number of hydrogen-bond acceptors (Lipinski definition) is 3. The molecule has 21 heavy (non-hydrogen) atoms. The molecule has 2 atom stereocenters. The Bertz CT molecular complexity index is 543. The number of aliphatic hydroxyl groups is 1. The van der Waals surface area contributed by atoms with Crippen LogP contribution in [0.25, 0.3) is 0 Å². The van der Waals surface area contributed by atoms with Crippen LogP contribution in [0.2, 0.25) is 0 Å². The van der Waals surface area contributed by atoms with Gasteiger partial charge in [-0.15, -0.1) is 0 Å². The lowest BCUT2D eigenvalue weighted by Gasteiger charge is -2.34. The molecule has 0 spiro atoms. The second-order valence-corrected chi connectivity index (χ2v) is 8.18. The summed E-state index contributed by atoms with van der Waals surface area (Å²) < 4.78 is 27.0. The fourth-order valence-electron chi connectivity index (χ4n) is 3.06. The minimum atomic E-state index is -3.38.